The lowest BCUT2D eigenvalue weighted by atomic mass is 9.87. The number of carbonyl (C=O) groups excluding carboxylic acids is 2. The number of halogens is 1. The Bertz CT molecular complexity index is 934. The summed E-state index contributed by atoms with van der Waals surface area (Å²) in [5.74, 6) is 0.193. The van der Waals surface area contributed by atoms with Crippen LogP contribution < -0.4 is 20.7 Å². The summed E-state index contributed by atoms with van der Waals surface area (Å²) in [6, 6.07) is 13.4. The molecule has 1 aliphatic heterocycles. The molecular formula is C23H28ClN3O3. The molecule has 4 rings (SSSR count). The highest BCUT2D eigenvalue weighted by Crippen LogP contribution is 2.35. The minimum atomic E-state index is -0.364. The van der Waals surface area contributed by atoms with Gasteiger partial charge in [0.1, 0.15) is 5.75 Å². The fourth-order valence-corrected chi connectivity index (χ4v) is 4.35. The molecule has 2 aromatic rings. The summed E-state index contributed by atoms with van der Waals surface area (Å²) in [7, 11) is 0. The molecule has 0 aromatic heterocycles. The van der Waals surface area contributed by atoms with E-state index in [-0.39, 0.29) is 42.6 Å². The van der Waals surface area contributed by atoms with Crippen molar-refractivity contribution >= 4 is 35.6 Å². The predicted octanol–water partition coefficient (Wildman–Crippen LogP) is 3.64. The topological polar surface area (TPSA) is 84.7 Å². The van der Waals surface area contributed by atoms with Crippen LogP contribution in [-0.4, -0.2) is 25.0 Å². The summed E-state index contributed by atoms with van der Waals surface area (Å²) in [6.45, 7) is 2.80. The number of hydrogen-bond donors (Lipinski definition) is 2. The van der Waals surface area contributed by atoms with Gasteiger partial charge in [0.25, 0.3) is 0 Å². The number of amides is 2. The van der Waals surface area contributed by atoms with E-state index < -0.39 is 0 Å². The lowest BCUT2D eigenvalue weighted by molar-refractivity contribution is -0.127. The summed E-state index contributed by atoms with van der Waals surface area (Å²) < 4.78 is 5.66. The minimum Gasteiger partial charge on any atom is -0.492 e. The Labute approximate surface area is 183 Å². The number of ether oxygens (including phenoxy) is 1. The standard InChI is InChI=1S/C23H27N3O3.ClH/c1-2-29-21-9-4-3-8-20(21)26-14-16(13-22(26)27)23(28)25-19-7-5-6-15-12-17(24)10-11-18(15)19;/h3-4,8-12,16,19H,2,5-7,13-14,24H2,1H3,(H,25,28);1H. The van der Waals surface area contributed by atoms with Crippen LogP contribution in [0.5, 0.6) is 5.75 Å². The fourth-order valence-electron chi connectivity index (χ4n) is 4.35. The number of benzene rings is 2. The maximum absolute atomic E-state index is 13.0. The van der Waals surface area contributed by atoms with Crippen LogP contribution in [0.1, 0.15) is 43.4 Å². The Hall–Kier alpha value is -2.73. The van der Waals surface area contributed by atoms with Gasteiger partial charge in [0.05, 0.1) is 24.3 Å². The minimum absolute atomic E-state index is 0. The second-order valence-electron chi connectivity index (χ2n) is 7.72. The van der Waals surface area contributed by atoms with Gasteiger partial charge in [-0.05, 0) is 61.6 Å². The van der Waals surface area contributed by atoms with Crippen LogP contribution in [-0.2, 0) is 16.0 Å². The molecule has 0 saturated carbocycles. The number of nitrogens with two attached hydrogens (primary N) is 1. The third kappa shape index (κ3) is 4.38. The molecule has 0 spiro atoms. The highest BCUT2D eigenvalue weighted by atomic mass is 35.5. The van der Waals surface area contributed by atoms with Crippen LogP contribution >= 0.6 is 12.4 Å². The van der Waals surface area contributed by atoms with Crippen molar-refractivity contribution in [3.8, 4) is 5.75 Å². The molecule has 1 saturated heterocycles. The zero-order valence-corrected chi connectivity index (χ0v) is 17.9. The van der Waals surface area contributed by atoms with Crippen molar-refractivity contribution in [1.29, 1.82) is 0 Å². The molecule has 160 valence electrons. The van der Waals surface area contributed by atoms with E-state index in [1.807, 2.05) is 49.4 Å². The van der Waals surface area contributed by atoms with Gasteiger partial charge >= 0.3 is 0 Å². The molecule has 6 nitrogen and oxygen atoms in total. The maximum atomic E-state index is 13.0. The van der Waals surface area contributed by atoms with Gasteiger partial charge in [0, 0.05) is 18.7 Å². The van der Waals surface area contributed by atoms with E-state index in [9.17, 15) is 9.59 Å². The fraction of sp³-hybridized carbons (Fsp3) is 0.391. The van der Waals surface area contributed by atoms with Gasteiger partial charge < -0.3 is 20.7 Å². The summed E-state index contributed by atoms with van der Waals surface area (Å²) in [6.07, 6.45) is 3.11. The van der Waals surface area contributed by atoms with Crippen molar-refractivity contribution in [2.24, 2.45) is 5.92 Å². The summed E-state index contributed by atoms with van der Waals surface area (Å²) in [5, 5.41) is 3.18. The Morgan fingerprint density at radius 2 is 2.07 bits per heavy atom. The quantitative estimate of drug-likeness (QED) is 0.710. The monoisotopic (exact) mass is 429 g/mol. The predicted molar refractivity (Wildman–Crippen MR) is 120 cm³/mol. The first-order valence-electron chi connectivity index (χ1n) is 10.3. The summed E-state index contributed by atoms with van der Waals surface area (Å²) in [5.41, 5.74) is 9.73. The first kappa shape index (κ1) is 22.0. The highest BCUT2D eigenvalue weighted by molar-refractivity contribution is 6.01. The van der Waals surface area contributed by atoms with Crippen LogP contribution in [0.15, 0.2) is 42.5 Å². The molecule has 0 radical (unpaired) electrons. The molecule has 2 aliphatic rings. The number of fused-ring (bicyclic) bond motifs is 1. The van der Waals surface area contributed by atoms with Gasteiger partial charge in [0.15, 0.2) is 0 Å². The number of para-hydroxylation sites is 2. The molecule has 30 heavy (non-hydrogen) atoms. The molecule has 7 heteroatoms. The van der Waals surface area contributed by atoms with E-state index >= 15 is 0 Å². The van der Waals surface area contributed by atoms with E-state index in [1.165, 1.54) is 5.56 Å². The number of carbonyl (C=O) groups is 2. The molecule has 2 unspecified atom stereocenters. The van der Waals surface area contributed by atoms with Gasteiger partial charge in [0.2, 0.25) is 11.8 Å². The van der Waals surface area contributed by atoms with Gasteiger partial charge in [-0.2, -0.15) is 0 Å². The molecule has 2 atom stereocenters. The smallest absolute Gasteiger partial charge is 0.227 e. The number of anilines is 2. The lowest BCUT2D eigenvalue weighted by Crippen LogP contribution is -2.37. The lowest BCUT2D eigenvalue weighted by Gasteiger charge is -2.27. The Morgan fingerprint density at radius 1 is 1.27 bits per heavy atom. The second kappa shape index (κ2) is 9.39. The number of nitrogens with one attached hydrogen (secondary N) is 1. The number of rotatable bonds is 5. The van der Waals surface area contributed by atoms with Crippen molar-refractivity contribution in [2.45, 2.75) is 38.6 Å². The largest absolute Gasteiger partial charge is 0.492 e. The first-order chi connectivity index (χ1) is 14.1. The molecule has 2 aromatic carbocycles. The van der Waals surface area contributed by atoms with Gasteiger partial charge in [-0.1, -0.05) is 18.2 Å². The molecule has 1 heterocycles. The van der Waals surface area contributed by atoms with Crippen LogP contribution in [0.3, 0.4) is 0 Å². The van der Waals surface area contributed by atoms with Crippen molar-refractivity contribution in [2.75, 3.05) is 23.8 Å². The molecular weight excluding hydrogens is 402 g/mol. The molecule has 0 bridgehead atoms. The van der Waals surface area contributed by atoms with Crippen LogP contribution in [0.2, 0.25) is 0 Å². The first-order valence-corrected chi connectivity index (χ1v) is 10.3. The maximum Gasteiger partial charge on any atom is 0.227 e. The Morgan fingerprint density at radius 3 is 2.87 bits per heavy atom. The normalized spacial score (nSPS) is 20.3. The van der Waals surface area contributed by atoms with Crippen molar-refractivity contribution in [1.82, 2.24) is 5.32 Å². The zero-order chi connectivity index (χ0) is 20.4. The third-order valence-electron chi connectivity index (χ3n) is 5.75. The number of aryl methyl sites for hydroxylation is 1. The zero-order valence-electron chi connectivity index (χ0n) is 17.1. The van der Waals surface area contributed by atoms with Crippen LogP contribution in [0.25, 0.3) is 0 Å². The number of hydrogen-bond acceptors (Lipinski definition) is 4. The van der Waals surface area contributed by atoms with Gasteiger partial charge in [-0.3, -0.25) is 9.59 Å². The van der Waals surface area contributed by atoms with Gasteiger partial charge in [-0.25, -0.2) is 0 Å². The Kier molecular flexibility index (Phi) is 6.87. The summed E-state index contributed by atoms with van der Waals surface area (Å²) >= 11 is 0. The molecule has 2 amide bonds. The van der Waals surface area contributed by atoms with E-state index in [1.54, 1.807) is 4.90 Å². The highest BCUT2D eigenvalue weighted by Gasteiger charge is 2.37. The second-order valence-corrected chi connectivity index (χ2v) is 7.72. The average Bonchev–Trinajstić information content (AvgIpc) is 3.10. The third-order valence-corrected chi connectivity index (χ3v) is 5.75. The van der Waals surface area contributed by atoms with E-state index in [2.05, 4.69) is 5.32 Å². The average molecular weight is 430 g/mol. The van der Waals surface area contributed by atoms with Crippen LogP contribution in [0.4, 0.5) is 11.4 Å². The Balaban J connectivity index is 0.00000256. The summed E-state index contributed by atoms with van der Waals surface area (Å²) in [4.78, 5) is 27.3. The molecule has 3 N–H and O–H groups in total. The molecule has 1 fully saturated rings. The molecule has 1 aliphatic carbocycles. The van der Waals surface area contributed by atoms with Crippen molar-refractivity contribution in [3.05, 3.63) is 53.6 Å². The van der Waals surface area contributed by atoms with Crippen molar-refractivity contribution < 1.29 is 14.3 Å². The van der Waals surface area contributed by atoms with Crippen molar-refractivity contribution in [3.63, 3.8) is 0 Å². The van der Waals surface area contributed by atoms with E-state index in [0.29, 0.717) is 18.9 Å². The number of nitrogens with zero attached hydrogens (tertiary/aromatic N) is 1. The van der Waals surface area contributed by atoms with E-state index in [0.717, 1.165) is 36.2 Å². The van der Waals surface area contributed by atoms with Crippen LogP contribution in [0, 0.1) is 5.92 Å². The number of nitrogen functional groups attached to an aromatic ring is 1. The van der Waals surface area contributed by atoms with Gasteiger partial charge in [-0.15, -0.1) is 12.4 Å². The SMILES string of the molecule is CCOc1ccccc1N1CC(C(=O)NC2CCCc3cc(N)ccc32)CC1=O.Cl. The van der Waals surface area contributed by atoms with E-state index in [4.69, 9.17) is 10.5 Å².